The van der Waals surface area contributed by atoms with Gasteiger partial charge in [0.2, 0.25) is 0 Å². The molecule has 1 rings (SSSR count). The lowest BCUT2D eigenvalue weighted by Gasteiger charge is -2.29. The zero-order valence-corrected chi connectivity index (χ0v) is 8.06. The largest absolute Gasteiger partial charge is 0.299 e. The molecule has 0 radical (unpaired) electrons. The summed E-state index contributed by atoms with van der Waals surface area (Å²) in [6.07, 6.45) is 4.41. The first-order valence-corrected chi connectivity index (χ1v) is 4.95. The van der Waals surface area contributed by atoms with Gasteiger partial charge in [0.1, 0.15) is 5.54 Å². The summed E-state index contributed by atoms with van der Waals surface area (Å²) >= 11 is 0. The zero-order chi connectivity index (χ0) is 9.03. The van der Waals surface area contributed by atoms with Crippen LogP contribution in [0, 0.1) is 17.2 Å². The molecule has 2 heteroatoms. The van der Waals surface area contributed by atoms with Crippen LogP contribution in [0.2, 0.25) is 0 Å². The fourth-order valence-corrected chi connectivity index (χ4v) is 2.29. The predicted molar refractivity (Wildman–Crippen MR) is 49.7 cm³/mol. The number of hydrogen-bond acceptors (Lipinski definition) is 2. The summed E-state index contributed by atoms with van der Waals surface area (Å²) in [5.74, 6) is 0.532. The maximum Gasteiger partial charge on any atom is 0.109 e. The third-order valence-corrected chi connectivity index (χ3v) is 3.07. The second-order valence-corrected chi connectivity index (χ2v) is 3.63. The van der Waals surface area contributed by atoms with E-state index in [9.17, 15) is 0 Å². The van der Waals surface area contributed by atoms with E-state index >= 15 is 0 Å². The van der Waals surface area contributed by atoms with Gasteiger partial charge in [0.05, 0.1) is 6.07 Å². The van der Waals surface area contributed by atoms with Crippen molar-refractivity contribution in [3.8, 4) is 6.07 Å². The van der Waals surface area contributed by atoms with E-state index in [0.29, 0.717) is 5.92 Å². The molecule has 0 aromatic rings. The SMILES string of the molecule is CCC(CC)C1(C#N)CCCN1. The maximum absolute atomic E-state index is 9.14. The molecule has 12 heavy (non-hydrogen) atoms. The van der Waals surface area contributed by atoms with E-state index < -0.39 is 0 Å². The number of nitrogens with zero attached hydrogens (tertiary/aromatic N) is 1. The van der Waals surface area contributed by atoms with Crippen LogP contribution in [0.15, 0.2) is 0 Å². The molecule has 68 valence electrons. The van der Waals surface area contributed by atoms with Crippen molar-refractivity contribution < 1.29 is 0 Å². The molecule has 0 amide bonds. The molecule has 0 bridgehead atoms. The van der Waals surface area contributed by atoms with Gasteiger partial charge < -0.3 is 0 Å². The van der Waals surface area contributed by atoms with Gasteiger partial charge in [-0.1, -0.05) is 26.7 Å². The van der Waals surface area contributed by atoms with Crippen LogP contribution in [-0.2, 0) is 0 Å². The molecular weight excluding hydrogens is 148 g/mol. The van der Waals surface area contributed by atoms with Crippen LogP contribution in [-0.4, -0.2) is 12.1 Å². The van der Waals surface area contributed by atoms with E-state index in [1.165, 1.54) is 0 Å². The summed E-state index contributed by atoms with van der Waals surface area (Å²) in [5.41, 5.74) is -0.191. The van der Waals surface area contributed by atoms with Gasteiger partial charge in [0.15, 0.2) is 0 Å². The molecule has 1 aliphatic heterocycles. The number of nitriles is 1. The number of hydrogen-bond donors (Lipinski definition) is 1. The van der Waals surface area contributed by atoms with Crippen LogP contribution >= 0.6 is 0 Å². The van der Waals surface area contributed by atoms with Crippen molar-refractivity contribution in [3.05, 3.63) is 0 Å². The van der Waals surface area contributed by atoms with Crippen LogP contribution in [0.3, 0.4) is 0 Å². The molecule has 1 atom stereocenters. The van der Waals surface area contributed by atoms with Crippen LogP contribution in [0.5, 0.6) is 0 Å². The molecular formula is C10H18N2. The Balaban J connectivity index is 2.71. The van der Waals surface area contributed by atoms with E-state index in [-0.39, 0.29) is 5.54 Å². The Bertz CT molecular complexity index is 171. The minimum Gasteiger partial charge on any atom is -0.299 e. The van der Waals surface area contributed by atoms with Crippen LogP contribution in [0.4, 0.5) is 0 Å². The van der Waals surface area contributed by atoms with Crippen molar-refractivity contribution in [1.82, 2.24) is 5.32 Å². The summed E-state index contributed by atoms with van der Waals surface area (Å²) < 4.78 is 0. The maximum atomic E-state index is 9.14. The first kappa shape index (κ1) is 9.54. The Morgan fingerprint density at radius 3 is 2.50 bits per heavy atom. The minimum atomic E-state index is -0.191. The molecule has 0 aromatic heterocycles. The second-order valence-electron chi connectivity index (χ2n) is 3.63. The smallest absolute Gasteiger partial charge is 0.109 e. The third kappa shape index (κ3) is 1.47. The molecule has 1 saturated heterocycles. The quantitative estimate of drug-likeness (QED) is 0.696. The Morgan fingerprint density at radius 2 is 2.17 bits per heavy atom. The van der Waals surface area contributed by atoms with E-state index in [4.69, 9.17) is 5.26 Å². The van der Waals surface area contributed by atoms with Crippen molar-refractivity contribution in [2.75, 3.05) is 6.54 Å². The van der Waals surface area contributed by atoms with Crippen LogP contribution in [0.25, 0.3) is 0 Å². The summed E-state index contributed by atoms with van der Waals surface area (Å²) in [6, 6.07) is 2.47. The average Bonchev–Trinajstić information content (AvgIpc) is 2.56. The highest BCUT2D eigenvalue weighted by Crippen LogP contribution is 2.31. The lowest BCUT2D eigenvalue weighted by molar-refractivity contribution is 0.290. The Kier molecular flexibility index (Phi) is 3.11. The van der Waals surface area contributed by atoms with E-state index in [0.717, 1.165) is 32.2 Å². The summed E-state index contributed by atoms with van der Waals surface area (Å²) in [6.45, 7) is 5.37. The zero-order valence-electron chi connectivity index (χ0n) is 8.06. The first-order valence-electron chi connectivity index (χ1n) is 4.95. The van der Waals surface area contributed by atoms with Crippen molar-refractivity contribution in [1.29, 1.82) is 5.26 Å². The summed E-state index contributed by atoms with van der Waals surface area (Å²) in [4.78, 5) is 0. The van der Waals surface area contributed by atoms with Crippen LogP contribution < -0.4 is 5.32 Å². The molecule has 0 saturated carbocycles. The molecule has 0 spiro atoms. The molecule has 1 unspecified atom stereocenters. The van der Waals surface area contributed by atoms with Crippen molar-refractivity contribution in [2.24, 2.45) is 5.92 Å². The molecule has 1 heterocycles. The normalized spacial score (nSPS) is 29.2. The van der Waals surface area contributed by atoms with Gasteiger partial charge in [-0.3, -0.25) is 5.32 Å². The van der Waals surface area contributed by atoms with Gasteiger partial charge in [-0.05, 0) is 25.3 Å². The van der Waals surface area contributed by atoms with Gasteiger partial charge in [0.25, 0.3) is 0 Å². The van der Waals surface area contributed by atoms with E-state index in [1.807, 2.05) is 0 Å². The van der Waals surface area contributed by atoms with E-state index in [2.05, 4.69) is 25.2 Å². The number of nitrogens with one attached hydrogen (secondary N) is 1. The Morgan fingerprint density at radius 1 is 1.50 bits per heavy atom. The van der Waals surface area contributed by atoms with Crippen molar-refractivity contribution >= 4 is 0 Å². The molecule has 1 aliphatic rings. The monoisotopic (exact) mass is 166 g/mol. The molecule has 1 fully saturated rings. The highest BCUT2D eigenvalue weighted by Gasteiger charge is 2.39. The second kappa shape index (κ2) is 3.91. The van der Waals surface area contributed by atoms with Crippen molar-refractivity contribution in [3.63, 3.8) is 0 Å². The van der Waals surface area contributed by atoms with Crippen LogP contribution in [0.1, 0.15) is 39.5 Å². The van der Waals surface area contributed by atoms with Gasteiger partial charge in [-0.25, -0.2) is 0 Å². The lowest BCUT2D eigenvalue weighted by atomic mass is 9.80. The average molecular weight is 166 g/mol. The molecule has 0 aliphatic carbocycles. The fourth-order valence-electron chi connectivity index (χ4n) is 2.29. The summed E-state index contributed by atoms with van der Waals surface area (Å²) in [5, 5.41) is 12.5. The Labute approximate surface area is 75.0 Å². The highest BCUT2D eigenvalue weighted by atomic mass is 15.0. The molecule has 2 nitrogen and oxygen atoms in total. The topological polar surface area (TPSA) is 35.8 Å². The van der Waals surface area contributed by atoms with Gasteiger partial charge >= 0.3 is 0 Å². The number of rotatable bonds is 3. The van der Waals surface area contributed by atoms with Gasteiger partial charge in [-0.2, -0.15) is 5.26 Å². The highest BCUT2D eigenvalue weighted by molar-refractivity contribution is 5.13. The minimum absolute atomic E-state index is 0.191. The molecule has 0 aromatic carbocycles. The fraction of sp³-hybridized carbons (Fsp3) is 0.900. The standard InChI is InChI=1S/C10H18N2/c1-3-9(4-2)10(8-11)6-5-7-12-10/h9,12H,3-7H2,1-2H3. The van der Waals surface area contributed by atoms with Gasteiger partial charge in [-0.15, -0.1) is 0 Å². The summed E-state index contributed by atoms with van der Waals surface area (Å²) in [7, 11) is 0. The van der Waals surface area contributed by atoms with E-state index in [1.54, 1.807) is 0 Å². The first-order chi connectivity index (χ1) is 5.79. The molecule has 1 N–H and O–H groups in total. The van der Waals surface area contributed by atoms with Gasteiger partial charge in [0, 0.05) is 0 Å². The Hall–Kier alpha value is -0.550. The predicted octanol–water partition coefficient (Wildman–Crippen LogP) is 2.07. The third-order valence-electron chi connectivity index (χ3n) is 3.07. The lowest BCUT2D eigenvalue weighted by Crippen LogP contribution is -2.45. The van der Waals surface area contributed by atoms with Crippen molar-refractivity contribution in [2.45, 2.75) is 45.1 Å².